The Bertz CT molecular complexity index is 932. The van der Waals surface area contributed by atoms with Crippen LogP contribution >= 0.6 is 0 Å². The minimum absolute atomic E-state index is 0.249. The highest BCUT2D eigenvalue weighted by Gasteiger charge is 2.23. The summed E-state index contributed by atoms with van der Waals surface area (Å²) in [6.45, 7) is 1.23. The van der Waals surface area contributed by atoms with Crippen molar-refractivity contribution in [1.29, 1.82) is 10.5 Å². The molecule has 2 aromatic rings. The molecule has 7 nitrogen and oxygen atoms in total. The summed E-state index contributed by atoms with van der Waals surface area (Å²) in [7, 11) is 0. The second kappa shape index (κ2) is 8.13. The van der Waals surface area contributed by atoms with Crippen molar-refractivity contribution in [3.63, 3.8) is 0 Å². The molecule has 2 rings (SSSR count). The van der Waals surface area contributed by atoms with E-state index in [9.17, 15) is 14.9 Å². The number of nitriles is 2. The Balaban J connectivity index is 2.26. The Morgan fingerprint density at radius 3 is 2.19 bits per heavy atom. The summed E-state index contributed by atoms with van der Waals surface area (Å²) in [6.07, 6.45) is 1.22. The quantitative estimate of drug-likeness (QED) is 0.498. The average molecular weight is 345 g/mol. The van der Waals surface area contributed by atoms with Crippen molar-refractivity contribution < 1.29 is 9.59 Å². The molecular formula is C19H15N5O2. The molecule has 128 valence electrons. The summed E-state index contributed by atoms with van der Waals surface area (Å²) in [5.74, 6) is -1.29. The standard InChI is InChI=1S/C19H15N5O2/c1-13(25)24(18-8-4-16(22)5-9-18)19(26)15(11-21)12-23-17-6-2-14(10-20)3-7-17/h2-9,12,23H,22H2,1H3/b15-12-. The van der Waals surface area contributed by atoms with Crippen molar-refractivity contribution in [2.24, 2.45) is 0 Å². The number of nitrogens with two attached hydrogens (primary N) is 1. The number of hydrogen-bond donors (Lipinski definition) is 2. The van der Waals surface area contributed by atoms with Crippen LogP contribution in [0.2, 0.25) is 0 Å². The number of imide groups is 1. The molecule has 2 amide bonds. The van der Waals surface area contributed by atoms with Gasteiger partial charge >= 0.3 is 0 Å². The molecule has 2 aromatic carbocycles. The van der Waals surface area contributed by atoms with E-state index in [1.54, 1.807) is 42.5 Å². The van der Waals surface area contributed by atoms with Crippen LogP contribution in [0.15, 0.2) is 60.3 Å². The minimum Gasteiger partial charge on any atom is -0.399 e. The SMILES string of the molecule is CC(=O)N(C(=O)/C(C#N)=C\Nc1ccc(C#N)cc1)c1ccc(N)cc1. The first kappa shape index (κ1) is 18.2. The number of nitrogens with zero attached hydrogens (tertiary/aromatic N) is 3. The Kier molecular flexibility index (Phi) is 5.71. The fourth-order valence-corrected chi connectivity index (χ4v) is 2.12. The van der Waals surface area contributed by atoms with E-state index in [1.807, 2.05) is 6.07 Å². The number of carbonyl (C=O) groups excluding carboxylic acids is 2. The number of amides is 2. The predicted octanol–water partition coefficient (Wildman–Crippen LogP) is 2.54. The highest BCUT2D eigenvalue weighted by molar-refractivity contribution is 6.21. The highest BCUT2D eigenvalue weighted by Crippen LogP contribution is 2.19. The molecule has 0 saturated heterocycles. The van der Waals surface area contributed by atoms with Crippen LogP contribution in [0.5, 0.6) is 0 Å². The second-order valence-electron chi connectivity index (χ2n) is 5.25. The summed E-state index contributed by atoms with van der Waals surface area (Å²) >= 11 is 0. The Hall–Kier alpha value is -4.10. The Labute approximate surface area is 150 Å². The lowest BCUT2D eigenvalue weighted by molar-refractivity contribution is -0.123. The molecule has 0 radical (unpaired) electrons. The molecule has 0 aliphatic carbocycles. The van der Waals surface area contributed by atoms with Crippen LogP contribution in [0.25, 0.3) is 0 Å². The van der Waals surface area contributed by atoms with Crippen molar-refractivity contribution in [3.05, 3.63) is 65.9 Å². The maximum Gasteiger partial charge on any atom is 0.277 e. The lowest BCUT2D eigenvalue weighted by atomic mass is 10.2. The molecule has 0 saturated carbocycles. The van der Waals surface area contributed by atoms with E-state index in [0.29, 0.717) is 22.6 Å². The van der Waals surface area contributed by atoms with Crippen molar-refractivity contribution in [1.82, 2.24) is 0 Å². The lowest BCUT2D eigenvalue weighted by Crippen LogP contribution is -2.36. The van der Waals surface area contributed by atoms with E-state index in [0.717, 1.165) is 4.90 Å². The number of anilines is 3. The number of rotatable bonds is 4. The molecular weight excluding hydrogens is 330 g/mol. The largest absolute Gasteiger partial charge is 0.399 e. The predicted molar refractivity (Wildman–Crippen MR) is 97.5 cm³/mol. The van der Waals surface area contributed by atoms with Gasteiger partial charge in [0.15, 0.2) is 0 Å². The number of benzene rings is 2. The maximum absolute atomic E-state index is 12.6. The van der Waals surface area contributed by atoms with E-state index < -0.39 is 11.8 Å². The summed E-state index contributed by atoms with van der Waals surface area (Å²) in [5, 5.41) is 20.9. The number of carbonyl (C=O) groups is 2. The smallest absolute Gasteiger partial charge is 0.277 e. The maximum atomic E-state index is 12.6. The molecule has 0 heterocycles. The molecule has 0 aliphatic rings. The van der Waals surface area contributed by atoms with E-state index in [-0.39, 0.29) is 5.57 Å². The second-order valence-corrected chi connectivity index (χ2v) is 5.25. The normalized spacial score (nSPS) is 10.3. The zero-order chi connectivity index (χ0) is 19.1. The van der Waals surface area contributed by atoms with Crippen LogP contribution in [0.4, 0.5) is 17.1 Å². The molecule has 0 aromatic heterocycles. The molecule has 0 spiro atoms. The number of nitrogen functional groups attached to an aromatic ring is 1. The zero-order valence-electron chi connectivity index (χ0n) is 13.9. The summed E-state index contributed by atoms with van der Waals surface area (Å²) in [6, 6.07) is 16.4. The van der Waals surface area contributed by atoms with Crippen molar-refractivity contribution in [3.8, 4) is 12.1 Å². The third-order valence-corrected chi connectivity index (χ3v) is 3.42. The van der Waals surface area contributed by atoms with Gasteiger partial charge in [-0.1, -0.05) is 0 Å². The molecule has 0 aliphatic heterocycles. The van der Waals surface area contributed by atoms with Gasteiger partial charge in [0.2, 0.25) is 5.91 Å². The van der Waals surface area contributed by atoms with Crippen molar-refractivity contribution in [2.75, 3.05) is 16.0 Å². The molecule has 0 fully saturated rings. The zero-order valence-corrected chi connectivity index (χ0v) is 13.9. The van der Waals surface area contributed by atoms with E-state index in [2.05, 4.69) is 5.32 Å². The van der Waals surface area contributed by atoms with Crippen LogP contribution in [-0.4, -0.2) is 11.8 Å². The van der Waals surface area contributed by atoms with Crippen LogP contribution in [0, 0.1) is 22.7 Å². The average Bonchev–Trinajstić information content (AvgIpc) is 2.64. The van der Waals surface area contributed by atoms with Crippen LogP contribution in [0.3, 0.4) is 0 Å². The van der Waals surface area contributed by atoms with E-state index in [4.69, 9.17) is 11.0 Å². The monoisotopic (exact) mass is 345 g/mol. The molecule has 0 atom stereocenters. The Morgan fingerprint density at radius 2 is 1.69 bits per heavy atom. The first-order valence-electron chi connectivity index (χ1n) is 7.54. The topological polar surface area (TPSA) is 123 Å². The molecule has 0 unspecified atom stereocenters. The van der Waals surface area contributed by atoms with Gasteiger partial charge in [0.1, 0.15) is 11.6 Å². The van der Waals surface area contributed by atoms with Gasteiger partial charge in [-0.15, -0.1) is 0 Å². The van der Waals surface area contributed by atoms with Gasteiger partial charge < -0.3 is 11.1 Å². The van der Waals surface area contributed by atoms with Crippen LogP contribution in [0.1, 0.15) is 12.5 Å². The minimum atomic E-state index is -0.758. The molecule has 7 heteroatoms. The Morgan fingerprint density at radius 1 is 1.08 bits per heavy atom. The van der Waals surface area contributed by atoms with Gasteiger partial charge in [-0.05, 0) is 48.5 Å². The highest BCUT2D eigenvalue weighted by atomic mass is 16.2. The summed E-state index contributed by atoms with van der Waals surface area (Å²) in [4.78, 5) is 25.4. The first-order valence-corrected chi connectivity index (χ1v) is 7.54. The van der Waals surface area contributed by atoms with Gasteiger partial charge in [0.05, 0.1) is 17.3 Å². The third kappa shape index (κ3) is 4.25. The van der Waals surface area contributed by atoms with E-state index in [1.165, 1.54) is 25.3 Å². The molecule has 26 heavy (non-hydrogen) atoms. The fraction of sp³-hybridized carbons (Fsp3) is 0.0526. The van der Waals surface area contributed by atoms with Gasteiger partial charge in [-0.2, -0.15) is 10.5 Å². The van der Waals surface area contributed by atoms with E-state index >= 15 is 0 Å². The number of nitrogens with one attached hydrogen (secondary N) is 1. The van der Waals surface area contributed by atoms with Gasteiger partial charge in [-0.25, -0.2) is 4.90 Å². The van der Waals surface area contributed by atoms with Gasteiger partial charge in [-0.3, -0.25) is 9.59 Å². The van der Waals surface area contributed by atoms with Crippen LogP contribution in [-0.2, 0) is 9.59 Å². The molecule has 0 bridgehead atoms. The number of hydrogen-bond acceptors (Lipinski definition) is 6. The van der Waals surface area contributed by atoms with Crippen molar-refractivity contribution >= 4 is 28.9 Å². The summed E-state index contributed by atoms with van der Waals surface area (Å²) < 4.78 is 0. The first-order chi connectivity index (χ1) is 12.5. The van der Waals surface area contributed by atoms with Crippen LogP contribution < -0.4 is 16.0 Å². The van der Waals surface area contributed by atoms with Crippen molar-refractivity contribution in [2.45, 2.75) is 6.92 Å². The van der Waals surface area contributed by atoms with Gasteiger partial charge in [0, 0.05) is 24.5 Å². The molecule has 3 N–H and O–H groups in total. The lowest BCUT2D eigenvalue weighted by Gasteiger charge is -2.19. The summed E-state index contributed by atoms with van der Waals surface area (Å²) in [5.41, 5.74) is 7.25. The fourth-order valence-electron chi connectivity index (χ4n) is 2.12. The van der Waals surface area contributed by atoms with Gasteiger partial charge in [0.25, 0.3) is 5.91 Å². The third-order valence-electron chi connectivity index (χ3n) is 3.42.